The van der Waals surface area contributed by atoms with E-state index in [1.807, 2.05) is 11.3 Å². The first-order valence-electron chi connectivity index (χ1n) is 22.2. The summed E-state index contributed by atoms with van der Waals surface area (Å²) in [5, 5.41) is 2.65. The Labute approximate surface area is 364 Å². The quantitative estimate of drug-likeness (QED) is 0.166. The highest BCUT2D eigenvalue weighted by Crippen LogP contribution is 2.52. The van der Waals surface area contributed by atoms with Crippen LogP contribution in [0.25, 0.3) is 10.1 Å². The summed E-state index contributed by atoms with van der Waals surface area (Å²) in [5.41, 5.74) is 20.8. The molecule has 0 amide bonds. The van der Waals surface area contributed by atoms with Gasteiger partial charge in [0.05, 0.1) is 29.6 Å². The van der Waals surface area contributed by atoms with Crippen molar-refractivity contribution in [1.29, 1.82) is 0 Å². The Kier molecular flexibility index (Phi) is 9.45. The number of hydrogen-bond donors (Lipinski definition) is 0. The van der Waals surface area contributed by atoms with E-state index >= 15 is 0 Å². The van der Waals surface area contributed by atoms with Crippen LogP contribution in [0.4, 0.5) is 33.4 Å². The molecule has 6 aromatic rings. The number of fused-ring (bicyclic) bond motifs is 7. The average Bonchev–Trinajstić information content (AvgIpc) is 3.37. The third-order valence-corrected chi connectivity index (χ3v) is 14.4. The highest BCUT2D eigenvalue weighted by Gasteiger charge is 2.47. The second-order valence-corrected chi connectivity index (χ2v) is 22.4. The van der Waals surface area contributed by atoms with E-state index in [-0.39, 0.29) is 23.0 Å². The Morgan fingerprint density at radius 1 is 0.567 bits per heavy atom. The Bertz CT molecular complexity index is 2690. The van der Waals surface area contributed by atoms with Gasteiger partial charge in [-0.25, -0.2) is 0 Å². The van der Waals surface area contributed by atoms with Crippen LogP contribution in [0.2, 0.25) is 0 Å². The molecule has 0 saturated carbocycles. The Hall–Kier alpha value is -4.68. The fourth-order valence-electron chi connectivity index (χ4n) is 9.94. The van der Waals surface area contributed by atoms with Crippen molar-refractivity contribution >= 4 is 78.0 Å². The molecule has 0 spiro atoms. The normalized spacial score (nSPS) is 15.0. The lowest BCUT2D eigenvalue weighted by molar-refractivity contribution is 0.297. The number of anilines is 6. The van der Waals surface area contributed by atoms with Crippen molar-refractivity contribution < 1.29 is 9.47 Å². The molecule has 9 rings (SSSR count). The van der Waals surface area contributed by atoms with Gasteiger partial charge in [-0.15, -0.1) is 11.3 Å². The van der Waals surface area contributed by atoms with Crippen LogP contribution >= 0.6 is 11.3 Å². The Morgan fingerprint density at radius 2 is 1.07 bits per heavy atom. The maximum Gasteiger partial charge on any atom is 0.254 e. The maximum atomic E-state index is 6.57. The standard InChI is InChI=1S/C54H63BN2O2S/c1-30(2)35-25-42-48-43(26-35)57(50-33(5)23-38(24-34(50)6)54(13,14)15)51-47(39-27-36(52(7,8)9)17-18-46(39)60-51)55(48)40-28-44-45(59-20-16-19-58-44)29-41(40)56(42)49-31(3)21-37(22-32(49)4)53(10,11)12/h17-18,21-30H,16,19-20H2,1-15H3. The predicted molar refractivity (Wildman–Crippen MR) is 261 cm³/mol. The van der Waals surface area contributed by atoms with Crippen LogP contribution in [0.1, 0.15) is 133 Å². The van der Waals surface area contributed by atoms with Crippen molar-refractivity contribution in [3.05, 3.63) is 111 Å². The number of benzene rings is 5. The minimum atomic E-state index is -0.0289. The Balaban J connectivity index is 1.46. The second-order valence-electron chi connectivity index (χ2n) is 21.3. The van der Waals surface area contributed by atoms with Crippen LogP contribution in [-0.2, 0) is 16.2 Å². The van der Waals surface area contributed by atoms with E-state index in [1.165, 1.54) is 104 Å². The van der Waals surface area contributed by atoms with Gasteiger partial charge >= 0.3 is 0 Å². The van der Waals surface area contributed by atoms with Gasteiger partial charge < -0.3 is 19.3 Å². The average molecular weight is 815 g/mol. The van der Waals surface area contributed by atoms with Gasteiger partial charge in [-0.3, -0.25) is 0 Å². The second kappa shape index (κ2) is 13.9. The summed E-state index contributed by atoms with van der Waals surface area (Å²) in [6.07, 6.45) is 0.859. The van der Waals surface area contributed by atoms with Crippen LogP contribution in [-0.4, -0.2) is 19.9 Å². The fraction of sp³-hybridized carbons (Fsp3) is 0.407. The smallest absolute Gasteiger partial charge is 0.254 e. The molecule has 60 heavy (non-hydrogen) atoms. The third kappa shape index (κ3) is 6.46. The molecule has 6 heteroatoms. The molecule has 4 heterocycles. The van der Waals surface area contributed by atoms with Crippen molar-refractivity contribution in [3.63, 3.8) is 0 Å². The van der Waals surface area contributed by atoms with Crippen molar-refractivity contribution in [2.75, 3.05) is 23.0 Å². The minimum absolute atomic E-state index is 0.000600. The van der Waals surface area contributed by atoms with E-state index in [9.17, 15) is 0 Å². The van der Waals surface area contributed by atoms with Crippen molar-refractivity contribution in [2.45, 2.75) is 132 Å². The molecule has 0 atom stereocenters. The van der Waals surface area contributed by atoms with Gasteiger partial charge in [0.25, 0.3) is 6.71 Å². The SMILES string of the molecule is Cc1cc(C(C)(C)C)cc(C)c1N1c2cc3c(cc2B2c4c1cc(C(C)C)cc4N(c1c(C)cc(C(C)(C)C)cc1C)c1sc4ccc(C(C)(C)C)cc4c12)OCCCO3. The number of thiophene rings is 1. The zero-order valence-corrected chi connectivity index (χ0v) is 39.6. The van der Waals surface area contributed by atoms with Gasteiger partial charge in [0, 0.05) is 34.2 Å². The monoisotopic (exact) mass is 814 g/mol. The number of hydrogen-bond acceptors (Lipinski definition) is 5. The summed E-state index contributed by atoms with van der Waals surface area (Å²) in [5.74, 6) is 1.98. The van der Waals surface area contributed by atoms with Crippen LogP contribution in [0.5, 0.6) is 11.5 Å². The zero-order chi connectivity index (χ0) is 43.0. The molecule has 0 fully saturated rings. The van der Waals surface area contributed by atoms with Gasteiger partial charge in [-0.1, -0.05) is 113 Å². The first-order chi connectivity index (χ1) is 28.1. The van der Waals surface area contributed by atoms with Gasteiger partial charge in [-0.05, 0) is 140 Å². The summed E-state index contributed by atoms with van der Waals surface area (Å²) in [4.78, 5) is 5.27. The Morgan fingerprint density at radius 3 is 1.58 bits per heavy atom. The summed E-state index contributed by atoms with van der Waals surface area (Å²) < 4.78 is 14.4. The molecule has 0 saturated heterocycles. The molecule has 3 aliphatic rings. The summed E-state index contributed by atoms with van der Waals surface area (Å²) in [6, 6.07) is 26.7. The molecular formula is C54H63BN2O2S. The number of nitrogens with zero attached hydrogens (tertiary/aromatic N) is 2. The highest BCUT2D eigenvalue weighted by atomic mass is 32.1. The first kappa shape index (κ1) is 40.7. The lowest BCUT2D eigenvalue weighted by Gasteiger charge is -2.45. The summed E-state index contributed by atoms with van der Waals surface area (Å²) in [6.45, 7) is 36.1. The van der Waals surface area contributed by atoms with E-state index < -0.39 is 0 Å². The molecule has 310 valence electrons. The van der Waals surface area contributed by atoms with Crippen LogP contribution in [0.15, 0.2) is 66.7 Å². The van der Waals surface area contributed by atoms with E-state index in [0.29, 0.717) is 19.1 Å². The minimum Gasteiger partial charge on any atom is -0.490 e. The lowest BCUT2D eigenvalue weighted by Crippen LogP contribution is -2.61. The molecule has 5 aromatic carbocycles. The number of aryl methyl sites for hydroxylation is 4. The molecule has 3 aliphatic heterocycles. The zero-order valence-electron chi connectivity index (χ0n) is 38.7. The van der Waals surface area contributed by atoms with Gasteiger partial charge in [0.1, 0.15) is 0 Å². The van der Waals surface area contributed by atoms with E-state index in [0.717, 1.165) is 17.9 Å². The third-order valence-electron chi connectivity index (χ3n) is 13.3. The fourth-order valence-corrected chi connectivity index (χ4v) is 11.2. The summed E-state index contributed by atoms with van der Waals surface area (Å²) >= 11 is 1.95. The predicted octanol–water partition coefficient (Wildman–Crippen LogP) is 13.4. The lowest BCUT2D eigenvalue weighted by atomic mass is 9.33. The van der Waals surface area contributed by atoms with Gasteiger partial charge in [-0.2, -0.15) is 0 Å². The van der Waals surface area contributed by atoms with Crippen molar-refractivity contribution in [1.82, 2.24) is 0 Å². The van der Waals surface area contributed by atoms with Crippen molar-refractivity contribution in [2.24, 2.45) is 0 Å². The van der Waals surface area contributed by atoms with E-state index in [2.05, 4.69) is 180 Å². The van der Waals surface area contributed by atoms with E-state index in [4.69, 9.17) is 9.47 Å². The maximum absolute atomic E-state index is 6.57. The van der Waals surface area contributed by atoms with Gasteiger partial charge in [0.2, 0.25) is 0 Å². The largest absolute Gasteiger partial charge is 0.490 e. The first-order valence-corrected chi connectivity index (χ1v) is 23.0. The molecule has 0 aliphatic carbocycles. The molecular weight excluding hydrogens is 751 g/mol. The van der Waals surface area contributed by atoms with E-state index in [1.54, 1.807) is 0 Å². The molecule has 0 unspecified atom stereocenters. The topological polar surface area (TPSA) is 24.9 Å². The van der Waals surface area contributed by atoms with Crippen LogP contribution < -0.4 is 35.7 Å². The molecule has 1 aromatic heterocycles. The number of rotatable bonds is 3. The highest BCUT2D eigenvalue weighted by molar-refractivity contribution is 7.26. The number of ether oxygens (including phenoxy) is 2. The van der Waals surface area contributed by atoms with Crippen LogP contribution in [0.3, 0.4) is 0 Å². The van der Waals surface area contributed by atoms with Crippen LogP contribution in [0, 0.1) is 27.7 Å². The van der Waals surface area contributed by atoms with Gasteiger partial charge in [0.15, 0.2) is 11.5 Å². The molecule has 0 N–H and O–H groups in total. The molecule has 0 bridgehead atoms. The van der Waals surface area contributed by atoms with Crippen molar-refractivity contribution in [3.8, 4) is 11.5 Å². The molecule has 0 radical (unpaired) electrons. The molecule has 4 nitrogen and oxygen atoms in total. The summed E-state index contributed by atoms with van der Waals surface area (Å²) in [7, 11) is 0.